The number of carbonyl (C=O) groups excluding carboxylic acids is 3. The number of para-hydroxylation sites is 1. The highest BCUT2D eigenvalue weighted by Gasteiger charge is 2.36. The van der Waals surface area contributed by atoms with Crippen LogP contribution in [0, 0.1) is 5.82 Å². The Labute approximate surface area is 230 Å². The molecule has 1 aromatic heterocycles. The van der Waals surface area contributed by atoms with Crippen LogP contribution in [0.4, 0.5) is 10.1 Å². The zero-order valence-corrected chi connectivity index (χ0v) is 22.1. The number of amides is 2. The molecular weight excluding hydrogens is 513 g/mol. The fraction of sp³-hybridized carbons (Fsp3) is 0.300. The van der Waals surface area contributed by atoms with Crippen LogP contribution in [0.15, 0.2) is 72.8 Å². The van der Waals surface area contributed by atoms with Gasteiger partial charge in [-0.3, -0.25) is 14.5 Å². The molecule has 2 amide bonds. The lowest BCUT2D eigenvalue weighted by atomic mass is 9.94. The van der Waals surface area contributed by atoms with Crippen molar-refractivity contribution in [2.75, 3.05) is 12.0 Å². The van der Waals surface area contributed by atoms with Crippen LogP contribution in [0.2, 0.25) is 0 Å². The third-order valence-corrected chi connectivity index (χ3v) is 7.18. The summed E-state index contributed by atoms with van der Waals surface area (Å²) in [7, 11) is 1.26. The second kappa shape index (κ2) is 12.1. The molecule has 0 unspecified atom stereocenters. The molecule has 4 aromatic rings. The van der Waals surface area contributed by atoms with Crippen molar-refractivity contribution in [3.63, 3.8) is 0 Å². The number of hydrogen-bond donors (Lipinski definition) is 1. The molecule has 206 valence electrons. The standard InChI is InChI=1S/C30H30FN5O4/c1-40-30(39)20-10-9-13-22(18-20)36(27(37)19-35-26-17-8-7-16-25(26)33-34-35)28(23-14-5-6-15-24(23)31)29(38)32-21-11-3-2-4-12-21/h5-10,13-18,21,28H,2-4,11-12,19H2,1H3,(H,32,38)/t28-/m1/s1. The molecule has 9 nitrogen and oxygen atoms in total. The van der Waals surface area contributed by atoms with Gasteiger partial charge in [-0.05, 0) is 49.2 Å². The molecule has 1 aliphatic carbocycles. The number of hydrogen-bond acceptors (Lipinski definition) is 6. The Morgan fingerprint density at radius 2 is 1.77 bits per heavy atom. The van der Waals surface area contributed by atoms with Crippen molar-refractivity contribution >= 4 is 34.5 Å². The van der Waals surface area contributed by atoms with Gasteiger partial charge in [-0.25, -0.2) is 13.9 Å². The summed E-state index contributed by atoms with van der Waals surface area (Å²) in [6, 6.07) is 17.9. The van der Waals surface area contributed by atoms with Crippen molar-refractivity contribution in [2.45, 2.75) is 50.7 Å². The van der Waals surface area contributed by atoms with Gasteiger partial charge in [-0.15, -0.1) is 5.10 Å². The van der Waals surface area contributed by atoms with Crippen molar-refractivity contribution < 1.29 is 23.5 Å². The molecule has 0 bridgehead atoms. The molecule has 10 heteroatoms. The summed E-state index contributed by atoms with van der Waals surface area (Å²) in [4.78, 5) is 41.7. The first-order valence-corrected chi connectivity index (χ1v) is 13.3. The van der Waals surface area contributed by atoms with Crippen molar-refractivity contribution in [1.82, 2.24) is 20.3 Å². The van der Waals surface area contributed by atoms with Crippen molar-refractivity contribution in [1.29, 1.82) is 0 Å². The van der Waals surface area contributed by atoms with Gasteiger partial charge in [0.25, 0.3) is 0 Å². The Morgan fingerprint density at radius 3 is 2.55 bits per heavy atom. The van der Waals surface area contributed by atoms with Gasteiger partial charge in [0.2, 0.25) is 11.8 Å². The number of anilines is 1. The molecule has 1 N–H and O–H groups in total. The molecule has 1 atom stereocenters. The zero-order valence-electron chi connectivity index (χ0n) is 22.1. The minimum atomic E-state index is -1.35. The van der Waals surface area contributed by atoms with Crippen molar-refractivity contribution in [3.8, 4) is 0 Å². The van der Waals surface area contributed by atoms with E-state index in [9.17, 15) is 14.4 Å². The zero-order chi connectivity index (χ0) is 28.1. The number of benzene rings is 3. The number of ether oxygens (including phenoxy) is 1. The van der Waals surface area contributed by atoms with E-state index in [4.69, 9.17) is 4.74 Å². The number of nitrogens with zero attached hydrogens (tertiary/aromatic N) is 4. The number of halogens is 1. The highest BCUT2D eigenvalue weighted by Crippen LogP contribution is 2.32. The first-order chi connectivity index (χ1) is 19.5. The van der Waals surface area contributed by atoms with Gasteiger partial charge in [-0.2, -0.15) is 0 Å². The summed E-state index contributed by atoms with van der Waals surface area (Å²) in [5, 5.41) is 11.3. The molecule has 0 spiro atoms. The van der Waals surface area contributed by atoms with E-state index < -0.39 is 29.6 Å². The quantitative estimate of drug-likeness (QED) is 0.326. The number of esters is 1. The summed E-state index contributed by atoms with van der Waals surface area (Å²) in [6.07, 6.45) is 4.69. The monoisotopic (exact) mass is 543 g/mol. The van der Waals surface area contributed by atoms with Crippen molar-refractivity contribution in [3.05, 3.63) is 89.7 Å². The van der Waals surface area contributed by atoms with Gasteiger partial charge >= 0.3 is 5.97 Å². The molecule has 1 saturated carbocycles. The third-order valence-electron chi connectivity index (χ3n) is 7.18. The van der Waals surface area contributed by atoms with E-state index >= 15 is 4.39 Å². The topological polar surface area (TPSA) is 106 Å². The van der Waals surface area contributed by atoms with E-state index in [1.807, 2.05) is 12.1 Å². The highest BCUT2D eigenvalue weighted by molar-refractivity contribution is 6.02. The average molecular weight is 544 g/mol. The Bertz CT molecular complexity index is 1530. The van der Waals surface area contributed by atoms with Gasteiger partial charge in [0.15, 0.2) is 0 Å². The summed E-state index contributed by atoms with van der Waals surface area (Å²) >= 11 is 0. The molecule has 1 aliphatic rings. The minimum Gasteiger partial charge on any atom is -0.465 e. The maximum Gasteiger partial charge on any atom is 0.337 e. The first-order valence-electron chi connectivity index (χ1n) is 13.3. The van der Waals surface area contributed by atoms with E-state index in [0.29, 0.717) is 11.0 Å². The third kappa shape index (κ3) is 5.70. The maximum atomic E-state index is 15.3. The Kier molecular flexibility index (Phi) is 8.14. The van der Waals surface area contributed by atoms with Crippen LogP contribution in [0.3, 0.4) is 0 Å². The minimum absolute atomic E-state index is 0.0380. The molecule has 0 radical (unpaired) electrons. The average Bonchev–Trinajstić information content (AvgIpc) is 3.39. The fourth-order valence-electron chi connectivity index (χ4n) is 5.20. The fourth-order valence-corrected chi connectivity index (χ4v) is 5.20. The highest BCUT2D eigenvalue weighted by atomic mass is 19.1. The maximum absolute atomic E-state index is 15.3. The summed E-state index contributed by atoms with van der Waals surface area (Å²) in [5.74, 6) is -2.27. The largest absolute Gasteiger partial charge is 0.465 e. The number of fused-ring (bicyclic) bond motifs is 1. The van der Waals surface area contributed by atoms with Gasteiger partial charge in [-0.1, -0.05) is 60.9 Å². The van der Waals surface area contributed by atoms with Crippen LogP contribution in [0.1, 0.15) is 54.1 Å². The van der Waals surface area contributed by atoms with Crippen molar-refractivity contribution in [2.24, 2.45) is 0 Å². The smallest absolute Gasteiger partial charge is 0.337 e. The Morgan fingerprint density at radius 1 is 1.02 bits per heavy atom. The second-order valence-corrected chi connectivity index (χ2v) is 9.81. The lowest BCUT2D eigenvalue weighted by Crippen LogP contribution is -2.48. The Hall–Kier alpha value is -4.60. The molecule has 1 heterocycles. The summed E-state index contributed by atoms with van der Waals surface area (Å²) < 4.78 is 21.7. The lowest BCUT2D eigenvalue weighted by molar-refractivity contribution is -0.127. The van der Waals surface area contributed by atoms with Crippen LogP contribution in [0.25, 0.3) is 11.0 Å². The number of methoxy groups -OCH3 is 1. The van der Waals surface area contributed by atoms with Gasteiger partial charge in [0.1, 0.15) is 23.9 Å². The predicted molar refractivity (Wildman–Crippen MR) is 147 cm³/mol. The predicted octanol–water partition coefficient (Wildman–Crippen LogP) is 4.58. The second-order valence-electron chi connectivity index (χ2n) is 9.81. The number of carbonyl (C=O) groups is 3. The normalized spacial score (nSPS) is 14.4. The number of rotatable bonds is 8. The van der Waals surface area contributed by atoms with E-state index in [2.05, 4.69) is 15.6 Å². The molecule has 3 aromatic carbocycles. The molecule has 0 aliphatic heterocycles. The Balaban J connectivity index is 1.61. The first kappa shape index (κ1) is 27.0. The lowest BCUT2D eigenvalue weighted by Gasteiger charge is -2.33. The van der Waals surface area contributed by atoms with E-state index in [1.54, 1.807) is 36.4 Å². The SMILES string of the molecule is COC(=O)c1cccc(N(C(=O)Cn2nnc3ccccc32)[C@@H](C(=O)NC2CCCCC2)c2ccccc2F)c1. The van der Waals surface area contributed by atoms with Crippen LogP contribution in [-0.2, 0) is 20.9 Å². The summed E-state index contributed by atoms with van der Waals surface area (Å²) in [5.41, 5.74) is 1.70. The van der Waals surface area contributed by atoms with Crippen LogP contribution >= 0.6 is 0 Å². The van der Waals surface area contributed by atoms with Crippen LogP contribution in [0.5, 0.6) is 0 Å². The van der Waals surface area contributed by atoms with Gasteiger partial charge in [0, 0.05) is 17.3 Å². The van der Waals surface area contributed by atoms with E-state index in [0.717, 1.165) is 32.1 Å². The molecule has 5 rings (SSSR count). The number of aromatic nitrogens is 3. The molecule has 1 fully saturated rings. The number of nitrogens with one attached hydrogen (secondary N) is 1. The summed E-state index contributed by atoms with van der Waals surface area (Å²) in [6.45, 7) is -0.273. The van der Waals surface area contributed by atoms with Gasteiger partial charge in [0.05, 0.1) is 18.2 Å². The molecule has 40 heavy (non-hydrogen) atoms. The van der Waals surface area contributed by atoms with E-state index in [1.165, 1.54) is 41.0 Å². The molecular formula is C30H30FN5O4. The van der Waals surface area contributed by atoms with Crippen LogP contribution in [-0.4, -0.2) is 45.9 Å². The van der Waals surface area contributed by atoms with Gasteiger partial charge < -0.3 is 10.1 Å². The van der Waals surface area contributed by atoms with Crippen LogP contribution < -0.4 is 10.2 Å². The molecule has 0 saturated heterocycles. The van der Waals surface area contributed by atoms with E-state index in [-0.39, 0.29) is 29.4 Å².